The van der Waals surface area contributed by atoms with E-state index in [9.17, 15) is 9.59 Å². The first-order chi connectivity index (χ1) is 8.45. The van der Waals surface area contributed by atoms with Crippen molar-refractivity contribution in [2.75, 3.05) is 0 Å². The Labute approximate surface area is 105 Å². The second-order valence-electron chi connectivity index (χ2n) is 5.57. The fourth-order valence-electron chi connectivity index (χ4n) is 2.79. The highest BCUT2D eigenvalue weighted by molar-refractivity contribution is 5.22. The molecule has 1 aliphatic rings. The summed E-state index contributed by atoms with van der Waals surface area (Å²) in [5.41, 5.74) is -1.02. The van der Waals surface area contributed by atoms with Gasteiger partial charge in [0, 0.05) is 12.2 Å². The van der Waals surface area contributed by atoms with Crippen molar-refractivity contribution < 1.29 is 0 Å². The monoisotopic (exact) mass is 247 g/mol. The number of aromatic nitrogens is 2. The quantitative estimate of drug-likeness (QED) is 0.817. The lowest BCUT2D eigenvalue weighted by Gasteiger charge is -2.39. The molecule has 1 aromatic heterocycles. The molecule has 2 rings (SSSR count). The van der Waals surface area contributed by atoms with Crippen LogP contribution in [0.1, 0.15) is 51.1 Å². The molecule has 18 heavy (non-hydrogen) atoms. The van der Waals surface area contributed by atoms with Gasteiger partial charge in [0.1, 0.15) is 11.6 Å². The van der Waals surface area contributed by atoms with Crippen molar-refractivity contribution in [1.82, 2.24) is 9.55 Å². The topological polar surface area (TPSA) is 78.7 Å². The Morgan fingerprint density at radius 2 is 2.17 bits per heavy atom. The predicted octanol–water partition coefficient (Wildman–Crippen LogP) is 1.55. The normalized spacial score (nSPS) is 22.4. The molecule has 0 spiro atoms. The van der Waals surface area contributed by atoms with Crippen LogP contribution in [0.2, 0.25) is 0 Å². The third kappa shape index (κ3) is 2.10. The highest BCUT2D eigenvalue weighted by Gasteiger charge is 2.34. The molecule has 0 amide bonds. The fraction of sp³-hybridized carbons (Fsp3) is 0.615. The van der Waals surface area contributed by atoms with Gasteiger partial charge < -0.3 is 0 Å². The van der Waals surface area contributed by atoms with E-state index in [-0.39, 0.29) is 17.0 Å². The Morgan fingerprint density at radius 3 is 2.78 bits per heavy atom. The number of hydrogen-bond acceptors (Lipinski definition) is 3. The van der Waals surface area contributed by atoms with Crippen molar-refractivity contribution in [3.8, 4) is 6.07 Å². The largest absolute Gasteiger partial charge is 0.328 e. The zero-order chi connectivity index (χ0) is 13.3. The number of H-pyrrole nitrogens is 1. The predicted molar refractivity (Wildman–Crippen MR) is 67.3 cm³/mol. The molecular formula is C13H17N3O2. The van der Waals surface area contributed by atoms with Gasteiger partial charge in [-0.05, 0) is 18.3 Å². The molecule has 1 atom stereocenters. The number of rotatable bonds is 1. The molecule has 1 fully saturated rings. The van der Waals surface area contributed by atoms with Crippen molar-refractivity contribution in [2.24, 2.45) is 5.41 Å². The standard InChI is InChI=1S/C13H17N3O2/c1-13(2)6-4-3-5-10(13)16-8-9(7-14)11(17)15-12(16)18/h8,10H,3-6H2,1-2H3,(H,15,17,18). The highest BCUT2D eigenvalue weighted by Crippen LogP contribution is 2.42. The van der Waals surface area contributed by atoms with Gasteiger partial charge in [-0.25, -0.2) is 4.79 Å². The molecule has 1 aliphatic carbocycles. The molecule has 1 heterocycles. The van der Waals surface area contributed by atoms with Crippen molar-refractivity contribution in [3.63, 3.8) is 0 Å². The first-order valence-electron chi connectivity index (χ1n) is 6.21. The number of hydrogen-bond donors (Lipinski definition) is 1. The van der Waals surface area contributed by atoms with E-state index < -0.39 is 11.2 Å². The summed E-state index contributed by atoms with van der Waals surface area (Å²) in [5, 5.41) is 8.88. The summed E-state index contributed by atoms with van der Waals surface area (Å²) < 4.78 is 1.53. The van der Waals surface area contributed by atoms with Gasteiger partial charge in [-0.15, -0.1) is 0 Å². The van der Waals surface area contributed by atoms with Gasteiger partial charge in [0.15, 0.2) is 0 Å². The van der Waals surface area contributed by atoms with Crippen LogP contribution in [0.4, 0.5) is 0 Å². The number of nitrogens with zero attached hydrogens (tertiary/aromatic N) is 2. The maximum Gasteiger partial charge on any atom is 0.328 e. The van der Waals surface area contributed by atoms with Crippen LogP contribution in [0.25, 0.3) is 0 Å². The van der Waals surface area contributed by atoms with E-state index in [0.717, 1.165) is 25.7 Å². The van der Waals surface area contributed by atoms with E-state index in [1.807, 2.05) is 6.07 Å². The molecule has 0 saturated heterocycles. The Hall–Kier alpha value is -1.83. The minimum Gasteiger partial charge on any atom is -0.296 e. The molecule has 5 nitrogen and oxygen atoms in total. The summed E-state index contributed by atoms with van der Waals surface area (Å²) in [6.45, 7) is 4.25. The first-order valence-corrected chi connectivity index (χ1v) is 6.21. The summed E-state index contributed by atoms with van der Waals surface area (Å²) >= 11 is 0. The molecule has 1 N–H and O–H groups in total. The van der Waals surface area contributed by atoms with Crippen molar-refractivity contribution >= 4 is 0 Å². The van der Waals surface area contributed by atoms with Crippen LogP contribution in [-0.2, 0) is 0 Å². The van der Waals surface area contributed by atoms with Crippen molar-refractivity contribution in [1.29, 1.82) is 5.26 Å². The average molecular weight is 247 g/mol. The summed E-state index contributed by atoms with van der Waals surface area (Å²) in [4.78, 5) is 25.5. The third-order valence-electron chi connectivity index (χ3n) is 3.87. The van der Waals surface area contributed by atoms with Crippen LogP contribution in [0.15, 0.2) is 15.8 Å². The van der Waals surface area contributed by atoms with Gasteiger partial charge in [0.25, 0.3) is 5.56 Å². The van der Waals surface area contributed by atoms with Gasteiger partial charge in [-0.3, -0.25) is 14.3 Å². The third-order valence-corrected chi connectivity index (χ3v) is 3.87. The minimum absolute atomic E-state index is 0.00373. The van der Waals surface area contributed by atoms with Crippen LogP contribution >= 0.6 is 0 Å². The zero-order valence-electron chi connectivity index (χ0n) is 10.7. The minimum atomic E-state index is -0.604. The zero-order valence-corrected chi connectivity index (χ0v) is 10.7. The Balaban J connectivity index is 2.54. The van der Waals surface area contributed by atoms with E-state index >= 15 is 0 Å². The van der Waals surface area contributed by atoms with E-state index in [1.165, 1.54) is 10.8 Å². The smallest absolute Gasteiger partial charge is 0.296 e. The lowest BCUT2D eigenvalue weighted by Crippen LogP contribution is -2.40. The van der Waals surface area contributed by atoms with E-state index in [4.69, 9.17) is 5.26 Å². The Kier molecular flexibility index (Phi) is 3.12. The Morgan fingerprint density at radius 1 is 1.44 bits per heavy atom. The molecule has 0 radical (unpaired) electrons. The van der Waals surface area contributed by atoms with Crippen LogP contribution in [-0.4, -0.2) is 9.55 Å². The van der Waals surface area contributed by atoms with Gasteiger partial charge >= 0.3 is 5.69 Å². The molecule has 1 saturated carbocycles. The molecular weight excluding hydrogens is 230 g/mol. The van der Waals surface area contributed by atoms with Gasteiger partial charge in [0.2, 0.25) is 0 Å². The second kappa shape index (κ2) is 4.45. The molecule has 1 aromatic rings. The molecule has 0 aliphatic heterocycles. The van der Waals surface area contributed by atoms with E-state index in [2.05, 4.69) is 18.8 Å². The maximum absolute atomic E-state index is 11.9. The summed E-state index contributed by atoms with van der Waals surface area (Å²) in [6.07, 6.45) is 5.59. The first kappa shape index (κ1) is 12.6. The lowest BCUT2D eigenvalue weighted by atomic mass is 9.73. The van der Waals surface area contributed by atoms with E-state index in [0.29, 0.717) is 0 Å². The maximum atomic E-state index is 11.9. The molecule has 1 unspecified atom stereocenters. The molecule has 5 heteroatoms. The lowest BCUT2D eigenvalue weighted by molar-refractivity contribution is 0.139. The average Bonchev–Trinajstić information content (AvgIpc) is 2.30. The van der Waals surface area contributed by atoms with Gasteiger partial charge in [-0.2, -0.15) is 5.26 Å². The van der Waals surface area contributed by atoms with E-state index in [1.54, 1.807) is 0 Å². The Bertz CT molecular complexity index is 604. The highest BCUT2D eigenvalue weighted by atomic mass is 16.2. The van der Waals surface area contributed by atoms with Crippen LogP contribution in [0.3, 0.4) is 0 Å². The summed E-state index contributed by atoms with van der Waals surface area (Å²) in [6, 6.07) is 1.87. The van der Waals surface area contributed by atoms with Gasteiger partial charge in [-0.1, -0.05) is 26.7 Å². The van der Waals surface area contributed by atoms with Gasteiger partial charge in [0.05, 0.1) is 0 Å². The molecule has 0 bridgehead atoms. The number of nitriles is 1. The number of aromatic amines is 1. The van der Waals surface area contributed by atoms with Crippen LogP contribution in [0.5, 0.6) is 0 Å². The van der Waals surface area contributed by atoms with Crippen LogP contribution < -0.4 is 11.2 Å². The van der Waals surface area contributed by atoms with Crippen molar-refractivity contribution in [2.45, 2.75) is 45.6 Å². The summed E-state index contributed by atoms with van der Waals surface area (Å²) in [5.74, 6) is 0. The molecule has 0 aromatic carbocycles. The van der Waals surface area contributed by atoms with Crippen molar-refractivity contribution in [3.05, 3.63) is 32.6 Å². The SMILES string of the molecule is CC1(C)CCCCC1n1cc(C#N)c(=O)[nH]c1=O. The van der Waals surface area contributed by atoms with Crippen LogP contribution in [0, 0.1) is 16.7 Å². The number of nitrogens with one attached hydrogen (secondary N) is 1. The molecule has 96 valence electrons. The second-order valence-corrected chi connectivity index (χ2v) is 5.57. The summed E-state index contributed by atoms with van der Waals surface area (Å²) in [7, 11) is 0. The fourth-order valence-corrected chi connectivity index (χ4v) is 2.79.